The fourth-order valence-electron chi connectivity index (χ4n) is 1.23. The first-order chi connectivity index (χ1) is 6.18. The third-order valence-corrected chi connectivity index (χ3v) is 2.22. The zero-order chi connectivity index (χ0) is 9.42. The molecular formula is C9H10ClN3. The van der Waals surface area contributed by atoms with Crippen LogP contribution in [0.2, 0.25) is 5.02 Å². The third-order valence-electron chi connectivity index (χ3n) is 1.91. The number of imidazole rings is 1. The van der Waals surface area contributed by atoms with Crippen molar-refractivity contribution in [3.8, 4) is 0 Å². The summed E-state index contributed by atoms with van der Waals surface area (Å²) >= 11 is 5.95. The van der Waals surface area contributed by atoms with Gasteiger partial charge in [-0.1, -0.05) is 17.7 Å². The van der Waals surface area contributed by atoms with Gasteiger partial charge in [-0.2, -0.15) is 0 Å². The minimum absolute atomic E-state index is 0.0940. The van der Waals surface area contributed by atoms with E-state index in [0.717, 1.165) is 16.9 Å². The largest absolute Gasteiger partial charge is 0.341 e. The molecule has 0 radical (unpaired) electrons. The van der Waals surface area contributed by atoms with Crippen LogP contribution in [-0.4, -0.2) is 9.97 Å². The van der Waals surface area contributed by atoms with Gasteiger partial charge in [-0.3, -0.25) is 0 Å². The second-order valence-electron chi connectivity index (χ2n) is 3.05. The summed E-state index contributed by atoms with van der Waals surface area (Å²) in [7, 11) is 0. The van der Waals surface area contributed by atoms with Gasteiger partial charge in [-0.25, -0.2) is 4.98 Å². The molecule has 2 rings (SSSR count). The van der Waals surface area contributed by atoms with Crippen LogP contribution in [-0.2, 0) is 0 Å². The van der Waals surface area contributed by atoms with E-state index >= 15 is 0 Å². The van der Waals surface area contributed by atoms with Crippen molar-refractivity contribution < 1.29 is 0 Å². The van der Waals surface area contributed by atoms with Crippen LogP contribution in [0.25, 0.3) is 11.0 Å². The molecule has 2 aromatic rings. The van der Waals surface area contributed by atoms with E-state index in [1.807, 2.05) is 25.1 Å². The lowest BCUT2D eigenvalue weighted by molar-refractivity contribution is 0.760. The van der Waals surface area contributed by atoms with Gasteiger partial charge in [0.2, 0.25) is 0 Å². The molecule has 3 nitrogen and oxygen atoms in total. The van der Waals surface area contributed by atoms with Crippen molar-refractivity contribution in [1.82, 2.24) is 9.97 Å². The summed E-state index contributed by atoms with van der Waals surface area (Å²) in [6.45, 7) is 1.88. The number of nitrogens with two attached hydrogens (primary N) is 1. The fourth-order valence-corrected chi connectivity index (χ4v) is 1.45. The number of para-hydroxylation sites is 1. The highest BCUT2D eigenvalue weighted by Gasteiger charge is 2.07. The summed E-state index contributed by atoms with van der Waals surface area (Å²) in [5.74, 6) is 0.767. The number of benzene rings is 1. The van der Waals surface area contributed by atoms with Crippen molar-refractivity contribution in [2.45, 2.75) is 13.0 Å². The Morgan fingerprint density at radius 3 is 2.92 bits per heavy atom. The summed E-state index contributed by atoms with van der Waals surface area (Å²) < 4.78 is 0. The Morgan fingerprint density at radius 1 is 1.54 bits per heavy atom. The molecule has 1 aromatic carbocycles. The molecule has 4 heteroatoms. The van der Waals surface area contributed by atoms with E-state index in [-0.39, 0.29) is 6.04 Å². The second-order valence-corrected chi connectivity index (χ2v) is 3.45. The van der Waals surface area contributed by atoms with Crippen LogP contribution in [0.4, 0.5) is 0 Å². The van der Waals surface area contributed by atoms with Crippen molar-refractivity contribution >= 4 is 22.6 Å². The lowest BCUT2D eigenvalue weighted by Crippen LogP contribution is -2.06. The number of halogens is 1. The van der Waals surface area contributed by atoms with Crippen LogP contribution in [0.1, 0.15) is 18.8 Å². The molecule has 1 heterocycles. The molecule has 0 aliphatic heterocycles. The van der Waals surface area contributed by atoms with Gasteiger partial charge in [0, 0.05) is 0 Å². The molecule has 0 fully saturated rings. The highest BCUT2D eigenvalue weighted by Crippen LogP contribution is 2.22. The minimum Gasteiger partial charge on any atom is -0.341 e. The first-order valence-corrected chi connectivity index (χ1v) is 4.46. The van der Waals surface area contributed by atoms with E-state index in [4.69, 9.17) is 17.3 Å². The number of hydrogen-bond donors (Lipinski definition) is 2. The van der Waals surface area contributed by atoms with Crippen LogP contribution in [0.15, 0.2) is 18.2 Å². The predicted octanol–water partition coefficient (Wildman–Crippen LogP) is 2.24. The molecule has 0 aliphatic rings. The molecule has 0 saturated heterocycles. The van der Waals surface area contributed by atoms with Crippen LogP contribution in [0, 0.1) is 0 Å². The van der Waals surface area contributed by atoms with Gasteiger partial charge in [0.25, 0.3) is 0 Å². The van der Waals surface area contributed by atoms with Crippen LogP contribution >= 0.6 is 11.6 Å². The maximum absolute atomic E-state index is 5.95. The summed E-state index contributed by atoms with van der Waals surface area (Å²) in [6.07, 6.45) is 0. The van der Waals surface area contributed by atoms with E-state index in [1.165, 1.54) is 0 Å². The Kier molecular flexibility index (Phi) is 1.98. The Bertz CT molecular complexity index is 433. The average molecular weight is 196 g/mol. The summed E-state index contributed by atoms with van der Waals surface area (Å²) in [5.41, 5.74) is 7.41. The SMILES string of the molecule is C[C@H](N)c1nc2c(Cl)cccc2[nH]1. The number of hydrogen-bond acceptors (Lipinski definition) is 2. The molecule has 1 atom stereocenters. The number of nitrogens with zero attached hydrogens (tertiary/aromatic N) is 1. The topological polar surface area (TPSA) is 54.7 Å². The zero-order valence-electron chi connectivity index (χ0n) is 7.21. The van der Waals surface area contributed by atoms with Crippen molar-refractivity contribution in [2.75, 3.05) is 0 Å². The average Bonchev–Trinajstić information content (AvgIpc) is 2.49. The zero-order valence-corrected chi connectivity index (χ0v) is 7.97. The maximum Gasteiger partial charge on any atom is 0.124 e. The molecule has 0 spiro atoms. The fraction of sp³-hybridized carbons (Fsp3) is 0.222. The van der Waals surface area contributed by atoms with Crippen molar-refractivity contribution in [3.63, 3.8) is 0 Å². The van der Waals surface area contributed by atoms with Gasteiger partial charge in [0.15, 0.2) is 0 Å². The maximum atomic E-state index is 5.95. The minimum atomic E-state index is -0.0940. The molecule has 68 valence electrons. The lowest BCUT2D eigenvalue weighted by Gasteiger charge is -1.96. The van der Waals surface area contributed by atoms with E-state index in [9.17, 15) is 0 Å². The number of aromatic amines is 1. The summed E-state index contributed by atoms with van der Waals surface area (Å²) in [4.78, 5) is 7.41. The monoisotopic (exact) mass is 195 g/mol. The number of fused-ring (bicyclic) bond motifs is 1. The first-order valence-electron chi connectivity index (χ1n) is 4.08. The van der Waals surface area contributed by atoms with Gasteiger partial charge in [-0.15, -0.1) is 0 Å². The highest BCUT2D eigenvalue weighted by molar-refractivity contribution is 6.34. The Labute approximate surface area is 80.9 Å². The smallest absolute Gasteiger partial charge is 0.124 e. The summed E-state index contributed by atoms with van der Waals surface area (Å²) in [6, 6.07) is 5.53. The van der Waals surface area contributed by atoms with Crippen molar-refractivity contribution in [2.24, 2.45) is 5.73 Å². The first kappa shape index (κ1) is 8.53. The number of rotatable bonds is 1. The molecule has 0 amide bonds. The van der Waals surface area contributed by atoms with Gasteiger partial charge in [0.05, 0.1) is 16.6 Å². The number of aromatic nitrogens is 2. The second kappa shape index (κ2) is 3.01. The quantitative estimate of drug-likeness (QED) is 0.733. The number of nitrogens with one attached hydrogen (secondary N) is 1. The highest BCUT2D eigenvalue weighted by atomic mass is 35.5. The lowest BCUT2D eigenvalue weighted by atomic mass is 10.3. The molecule has 0 aliphatic carbocycles. The van der Waals surface area contributed by atoms with E-state index < -0.39 is 0 Å². The van der Waals surface area contributed by atoms with Gasteiger partial charge in [-0.05, 0) is 19.1 Å². The van der Waals surface area contributed by atoms with E-state index in [2.05, 4.69) is 9.97 Å². The van der Waals surface area contributed by atoms with Crippen LogP contribution in [0.3, 0.4) is 0 Å². The molecule has 13 heavy (non-hydrogen) atoms. The van der Waals surface area contributed by atoms with Crippen molar-refractivity contribution in [3.05, 3.63) is 29.0 Å². The van der Waals surface area contributed by atoms with Gasteiger partial charge in [0.1, 0.15) is 11.3 Å². The molecule has 1 aromatic heterocycles. The number of H-pyrrole nitrogens is 1. The Balaban J connectivity index is 2.68. The molecule has 0 bridgehead atoms. The third kappa shape index (κ3) is 1.41. The normalized spacial score (nSPS) is 13.5. The van der Waals surface area contributed by atoms with Crippen LogP contribution < -0.4 is 5.73 Å². The summed E-state index contributed by atoms with van der Waals surface area (Å²) in [5, 5.41) is 0.653. The molecule has 0 saturated carbocycles. The van der Waals surface area contributed by atoms with E-state index in [0.29, 0.717) is 5.02 Å². The van der Waals surface area contributed by atoms with E-state index in [1.54, 1.807) is 0 Å². The molecular weight excluding hydrogens is 186 g/mol. The standard InChI is InChI=1S/C9H10ClN3/c1-5(11)9-12-7-4-2-3-6(10)8(7)13-9/h2-5H,11H2,1H3,(H,12,13)/t5-/m0/s1. The Morgan fingerprint density at radius 2 is 2.31 bits per heavy atom. The van der Waals surface area contributed by atoms with Crippen molar-refractivity contribution in [1.29, 1.82) is 0 Å². The van der Waals surface area contributed by atoms with Crippen LogP contribution in [0.5, 0.6) is 0 Å². The molecule has 3 N–H and O–H groups in total. The van der Waals surface area contributed by atoms with Gasteiger partial charge < -0.3 is 10.7 Å². The predicted molar refractivity (Wildman–Crippen MR) is 53.7 cm³/mol. The molecule has 0 unspecified atom stereocenters. The Hall–Kier alpha value is -1.06. The van der Waals surface area contributed by atoms with Gasteiger partial charge >= 0.3 is 0 Å².